The number of rotatable bonds is 6. The molecule has 0 heterocycles. The van der Waals surface area contributed by atoms with Gasteiger partial charge in [-0.15, -0.1) is 0 Å². The van der Waals surface area contributed by atoms with Gasteiger partial charge >= 0.3 is 0 Å². The van der Waals surface area contributed by atoms with Crippen molar-refractivity contribution in [2.45, 2.75) is 92.0 Å². The van der Waals surface area contributed by atoms with E-state index in [-0.39, 0.29) is 0 Å². The van der Waals surface area contributed by atoms with Crippen LogP contribution >= 0.6 is 0 Å². The lowest BCUT2D eigenvalue weighted by molar-refractivity contribution is 0.111. The maximum atomic E-state index is 6.42. The minimum Gasteiger partial charge on any atom is -0.327 e. The number of nitrogens with two attached hydrogens (primary N) is 1. The van der Waals surface area contributed by atoms with E-state index in [1.54, 1.807) is 0 Å². The van der Waals surface area contributed by atoms with E-state index in [9.17, 15) is 0 Å². The minimum atomic E-state index is 0.462. The fraction of sp³-hybridized carbons (Fsp3) is 1.00. The highest BCUT2D eigenvalue weighted by atomic mass is 14.7. The van der Waals surface area contributed by atoms with E-state index >= 15 is 0 Å². The molecular weight excluding hydrogens is 230 g/mol. The van der Waals surface area contributed by atoms with Crippen LogP contribution in [0, 0.1) is 23.2 Å². The summed E-state index contributed by atoms with van der Waals surface area (Å²) in [5.74, 6) is 2.57. The quantitative estimate of drug-likeness (QED) is 0.686. The Bertz CT molecular complexity index is 241. The Labute approximate surface area is 121 Å². The van der Waals surface area contributed by atoms with Crippen LogP contribution in [0.4, 0.5) is 0 Å². The fourth-order valence-corrected chi connectivity index (χ4v) is 3.75. The molecular formula is C18H37N. The number of hydrogen-bond acceptors (Lipinski definition) is 1. The molecule has 0 bridgehead atoms. The van der Waals surface area contributed by atoms with Crippen LogP contribution in [-0.2, 0) is 0 Å². The van der Waals surface area contributed by atoms with Gasteiger partial charge in [-0.1, -0.05) is 60.3 Å². The van der Waals surface area contributed by atoms with Crippen molar-refractivity contribution < 1.29 is 0 Å². The highest BCUT2D eigenvalue weighted by molar-refractivity contribution is 4.88. The summed E-state index contributed by atoms with van der Waals surface area (Å²) in [5.41, 5.74) is 6.88. The van der Waals surface area contributed by atoms with Crippen molar-refractivity contribution >= 4 is 0 Å². The van der Waals surface area contributed by atoms with E-state index in [1.165, 1.54) is 51.4 Å². The molecule has 1 aliphatic rings. The molecule has 0 amide bonds. The molecule has 1 rings (SSSR count). The van der Waals surface area contributed by atoms with Crippen LogP contribution in [0.1, 0.15) is 86.0 Å². The van der Waals surface area contributed by atoms with Crippen molar-refractivity contribution in [3.63, 3.8) is 0 Å². The van der Waals surface area contributed by atoms with Gasteiger partial charge in [0.1, 0.15) is 0 Å². The predicted octanol–water partition coefficient (Wildman–Crippen LogP) is 5.38. The van der Waals surface area contributed by atoms with Gasteiger partial charge < -0.3 is 5.73 Å². The molecule has 0 radical (unpaired) electrons. The molecule has 4 unspecified atom stereocenters. The van der Waals surface area contributed by atoms with Gasteiger partial charge in [-0.25, -0.2) is 0 Å². The molecule has 114 valence electrons. The standard InChI is InChI=1S/C18H37N/c1-6-8-9-14(7-2)12-15-13-16(18(3,4)5)10-11-17(15)19/h14-17H,6-13,19H2,1-5H3. The topological polar surface area (TPSA) is 26.0 Å². The van der Waals surface area contributed by atoms with Gasteiger partial charge in [0.15, 0.2) is 0 Å². The Morgan fingerprint density at radius 1 is 1.16 bits per heavy atom. The highest BCUT2D eigenvalue weighted by Gasteiger charge is 2.34. The molecule has 19 heavy (non-hydrogen) atoms. The van der Waals surface area contributed by atoms with E-state index < -0.39 is 0 Å². The Balaban J connectivity index is 2.53. The first-order valence-corrected chi connectivity index (χ1v) is 8.64. The Hall–Kier alpha value is -0.0400. The van der Waals surface area contributed by atoms with Gasteiger partial charge in [0.25, 0.3) is 0 Å². The molecule has 0 aliphatic heterocycles. The van der Waals surface area contributed by atoms with Crippen molar-refractivity contribution in [2.24, 2.45) is 28.9 Å². The summed E-state index contributed by atoms with van der Waals surface area (Å²) >= 11 is 0. The summed E-state index contributed by atoms with van der Waals surface area (Å²) in [5, 5.41) is 0. The van der Waals surface area contributed by atoms with Gasteiger partial charge in [0, 0.05) is 6.04 Å². The van der Waals surface area contributed by atoms with E-state index in [0.29, 0.717) is 11.5 Å². The van der Waals surface area contributed by atoms with Crippen LogP contribution in [0.15, 0.2) is 0 Å². The fourth-order valence-electron chi connectivity index (χ4n) is 3.75. The smallest absolute Gasteiger partial charge is 0.00674 e. The monoisotopic (exact) mass is 267 g/mol. The predicted molar refractivity (Wildman–Crippen MR) is 86.2 cm³/mol. The highest BCUT2D eigenvalue weighted by Crippen LogP contribution is 2.42. The third kappa shape index (κ3) is 5.45. The van der Waals surface area contributed by atoms with Gasteiger partial charge in [-0.3, -0.25) is 0 Å². The Kier molecular flexibility index (Phi) is 6.86. The van der Waals surface area contributed by atoms with E-state index in [1.807, 2.05) is 0 Å². The molecule has 1 heteroatoms. The number of hydrogen-bond donors (Lipinski definition) is 1. The van der Waals surface area contributed by atoms with E-state index in [0.717, 1.165) is 17.8 Å². The largest absolute Gasteiger partial charge is 0.327 e. The average molecular weight is 268 g/mol. The second-order valence-corrected chi connectivity index (χ2v) is 7.95. The van der Waals surface area contributed by atoms with Gasteiger partial charge in [-0.2, -0.15) is 0 Å². The molecule has 0 aromatic heterocycles. The summed E-state index contributed by atoms with van der Waals surface area (Å²) < 4.78 is 0. The molecule has 0 spiro atoms. The van der Waals surface area contributed by atoms with Crippen LogP contribution < -0.4 is 5.73 Å². The third-order valence-electron chi connectivity index (χ3n) is 5.45. The molecule has 4 atom stereocenters. The van der Waals surface area contributed by atoms with Crippen molar-refractivity contribution in [3.8, 4) is 0 Å². The summed E-state index contributed by atoms with van der Waals surface area (Å²) in [4.78, 5) is 0. The lowest BCUT2D eigenvalue weighted by Crippen LogP contribution is -2.40. The second kappa shape index (κ2) is 7.67. The van der Waals surface area contributed by atoms with Crippen LogP contribution in [0.3, 0.4) is 0 Å². The third-order valence-corrected chi connectivity index (χ3v) is 5.45. The van der Waals surface area contributed by atoms with Crippen molar-refractivity contribution in [2.75, 3.05) is 0 Å². The molecule has 0 aromatic rings. The zero-order chi connectivity index (χ0) is 14.5. The Morgan fingerprint density at radius 2 is 1.84 bits per heavy atom. The first kappa shape index (κ1) is 17.0. The van der Waals surface area contributed by atoms with Gasteiger partial charge in [-0.05, 0) is 48.9 Å². The average Bonchev–Trinajstić information content (AvgIpc) is 2.35. The molecule has 0 saturated heterocycles. The molecule has 1 saturated carbocycles. The zero-order valence-corrected chi connectivity index (χ0v) is 14.0. The first-order chi connectivity index (χ1) is 8.88. The summed E-state index contributed by atoms with van der Waals surface area (Å²) in [6.07, 6.45) is 10.8. The number of unbranched alkanes of at least 4 members (excludes halogenated alkanes) is 1. The molecule has 1 aliphatic carbocycles. The minimum absolute atomic E-state index is 0.462. The maximum Gasteiger partial charge on any atom is 0.00674 e. The lowest BCUT2D eigenvalue weighted by Gasteiger charge is -2.41. The van der Waals surface area contributed by atoms with Crippen LogP contribution in [-0.4, -0.2) is 6.04 Å². The van der Waals surface area contributed by atoms with Crippen LogP contribution in [0.25, 0.3) is 0 Å². The SMILES string of the molecule is CCCCC(CC)CC1CC(C(C)(C)C)CCC1N. The normalized spacial score (nSPS) is 30.3. The molecule has 1 nitrogen and oxygen atoms in total. The van der Waals surface area contributed by atoms with Crippen LogP contribution in [0.2, 0.25) is 0 Å². The summed E-state index contributed by atoms with van der Waals surface area (Å²) in [7, 11) is 0. The Morgan fingerprint density at radius 3 is 2.37 bits per heavy atom. The van der Waals surface area contributed by atoms with E-state index in [2.05, 4.69) is 34.6 Å². The van der Waals surface area contributed by atoms with Crippen molar-refractivity contribution in [1.29, 1.82) is 0 Å². The maximum absolute atomic E-state index is 6.42. The lowest BCUT2D eigenvalue weighted by atomic mass is 9.66. The first-order valence-electron chi connectivity index (χ1n) is 8.64. The summed E-state index contributed by atoms with van der Waals surface area (Å²) in [6, 6.07) is 0.467. The van der Waals surface area contributed by atoms with E-state index in [4.69, 9.17) is 5.73 Å². The second-order valence-electron chi connectivity index (χ2n) is 7.95. The molecule has 2 N–H and O–H groups in total. The van der Waals surface area contributed by atoms with Crippen molar-refractivity contribution in [3.05, 3.63) is 0 Å². The zero-order valence-electron chi connectivity index (χ0n) is 14.0. The van der Waals surface area contributed by atoms with Crippen molar-refractivity contribution in [1.82, 2.24) is 0 Å². The molecule has 1 fully saturated rings. The summed E-state index contributed by atoms with van der Waals surface area (Å²) in [6.45, 7) is 11.9. The van der Waals surface area contributed by atoms with Crippen LogP contribution in [0.5, 0.6) is 0 Å². The van der Waals surface area contributed by atoms with Gasteiger partial charge in [0.2, 0.25) is 0 Å². The van der Waals surface area contributed by atoms with Gasteiger partial charge in [0.05, 0.1) is 0 Å². The molecule has 0 aromatic carbocycles.